The molecular weight excluding hydrogens is 444 g/mol. The lowest BCUT2D eigenvalue weighted by Crippen LogP contribution is -2.39. The van der Waals surface area contributed by atoms with E-state index in [-0.39, 0.29) is 13.2 Å². The van der Waals surface area contributed by atoms with E-state index in [1.54, 1.807) is 23.7 Å². The van der Waals surface area contributed by atoms with Crippen molar-refractivity contribution in [2.24, 2.45) is 13.0 Å². The molecular formula is C24H31ClN4O4. The van der Waals surface area contributed by atoms with Crippen LogP contribution in [0.3, 0.4) is 0 Å². The van der Waals surface area contributed by atoms with Crippen molar-refractivity contribution in [1.82, 2.24) is 18.7 Å². The smallest absolute Gasteiger partial charge is 0.332 e. The summed E-state index contributed by atoms with van der Waals surface area (Å²) in [6.07, 6.45) is 7.58. The van der Waals surface area contributed by atoms with Crippen molar-refractivity contribution in [1.29, 1.82) is 0 Å². The third kappa shape index (κ3) is 5.17. The molecule has 8 nitrogen and oxygen atoms in total. The topological polar surface area (TPSA) is 91.3 Å². The highest BCUT2D eigenvalue weighted by atomic mass is 35.5. The summed E-state index contributed by atoms with van der Waals surface area (Å²) >= 11 is 6.04. The van der Waals surface area contributed by atoms with Crippen LogP contribution in [0.4, 0.5) is 0 Å². The van der Waals surface area contributed by atoms with E-state index < -0.39 is 11.2 Å². The zero-order valence-electron chi connectivity index (χ0n) is 19.0. The number of aryl methyl sites for hydroxylation is 1. The molecule has 0 saturated heterocycles. The van der Waals surface area contributed by atoms with Gasteiger partial charge in [-0.2, -0.15) is 4.98 Å². The fourth-order valence-electron chi connectivity index (χ4n) is 4.60. The Morgan fingerprint density at radius 1 is 1.12 bits per heavy atom. The normalized spacial score (nSPS) is 14.8. The van der Waals surface area contributed by atoms with Crippen LogP contribution in [0.15, 0.2) is 33.9 Å². The highest BCUT2D eigenvalue weighted by Gasteiger charge is 2.22. The Hall–Kier alpha value is -2.58. The summed E-state index contributed by atoms with van der Waals surface area (Å²) in [5.41, 5.74) is 0.673. The second kappa shape index (κ2) is 10.6. The molecule has 1 aliphatic carbocycles. The van der Waals surface area contributed by atoms with Crippen LogP contribution in [0.25, 0.3) is 11.2 Å². The van der Waals surface area contributed by atoms with Crippen molar-refractivity contribution in [3.63, 3.8) is 0 Å². The van der Waals surface area contributed by atoms with Gasteiger partial charge in [0.2, 0.25) is 0 Å². The molecule has 0 aliphatic heterocycles. The molecule has 0 atom stereocenters. The van der Waals surface area contributed by atoms with Gasteiger partial charge in [-0.3, -0.25) is 18.5 Å². The summed E-state index contributed by atoms with van der Waals surface area (Å²) in [4.78, 5) is 30.7. The Balaban J connectivity index is 1.73. The van der Waals surface area contributed by atoms with E-state index in [0.717, 1.165) is 16.6 Å². The number of benzene rings is 1. The van der Waals surface area contributed by atoms with Gasteiger partial charge >= 0.3 is 5.69 Å². The van der Waals surface area contributed by atoms with Crippen LogP contribution in [0, 0.1) is 5.92 Å². The molecule has 0 amide bonds. The van der Waals surface area contributed by atoms with Crippen molar-refractivity contribution < 1.29 is 9.84 Å². The molecule has 1 aliphatic rings. The molecule has 2 heterocycles. The number of fused-ring (bicyclic) bond motifs is 1. The van der Waals surface area contributed by atoms with E-state index in [0.29, 0.717) is 47.7 Å². The molecule has 1 N–H and O–H groups in total. The first kappa shape index (κ1) is 23.6. The average Bonchev–Trinajstić information content (AvgIpc) is 3.18. The van der Waals surface area contributed by atoms with E-state index in [9.17, 15) is 14.7 Å². The standard InChI is InChI=1S/C24H31ClN4O4/c1-27-21-20(22(31)28(24(27)32)13-5-14-30)29(16-18-8-10-19(25)11-9-18)23(26-21)33-15-12-17-6-3-2-4-7-17/h8-11,17,30H,2-7,12-16H2,1H3. The number of aliphatic hydroxyl groups excluding tert-OH is 1. The first-order chi connectivity index (χ1) is 16.0. The molecule has 1 fully saturated rings. The van der Waals surface area contributed by atoms with Gasteiger partial charge in [0.05, 0.1) is 13.2 Å². The Bertz CT molecular complexity index is 1210. The maximum absolute atomic E-state index is 13.3. The lowest BCUT2D eigenvalue weighted by Gasteiger charge is -2.21. The van der Waals surface area contributed by atoms with Crippen LogP contribution in [0.5, 0.6) is 6.01 Å². The van der Waals surface area contributed by atoms with Gasteiger partial charge in [0, 0.05) is 25.2 Å². The first-order valence-electron chi connectivity index (χ1n) is 11.7. The van der Waals surface area contributed by atoms with Gasteiger partial charge in [-0.25, -0.2) is 4.79 Å². The van der Waals surface area contributed by atoms with Gasteiger partial charge in [0.25, 0.3) is 11.6 Å². The number of rotatable bonds is 9. The lowest BCUT2D eigenvalue weighted by molar-refractivity contribution is 0.228. The van der Waals surface area contributed by atoms with Gasteiger partial charge in [-0.15, -0.1) is 0 Å². The zero-order valence-corrected chi connectivity index (χ0v) is 19.8. The van der Waals surface area contributed by atoms with E-state index >= 15 is 0 Å². The van der Waals surface area contributed by atoms with Crippen molar-refractivity contribution in [3.05, 3.63) is 55.7 Å². The number of ether oxygens (including phenoxy) is 1. The highest BCUT2D eigenvalue weighted by molar-refractivity contribution is 6.30. The van der Waals surface area contributed by atoms with E-state index in [1.165, 1.54) is 36.7 Å². The van der Waals surface area contributed by atoms with E-state index in [2.05, 4.69) is 4.98 Å². The second-order valence-corrected chi connectivity index (χ2v) is 9.23. The number of nitrogens with zero attached hydrogens (tertiary/aromatic N) is 4. The Morgan fingerprint density at radius 2 is 1.85 bits per heavy atom. The van der Waals surface area contributed by atoms with Crippen molar-refractivity contribution in [3.8, 4) is 6.01 Å². The fraction of sp³-hybridized carbons (Fsp3) is 0.542. The third-order valence-electron chi connectivity index (χ3n) is 6.47. The summed E-state index contributed by atoms with van der Waals surface area (Å²) in [6, 6.07) is 7.73. The van der Waals surface area contributed by atoms with Crippen LogP contribution in [-0.2, 0) is 20.1 Å². The van der Waals surface area contributed by atoms with Crippen molar-refractivity contribution in [2.45, 2.75) is 58.0 Å². The molecule has 1 aromatic carbocycles. The van der Waals surface area contributed by atoms with E-state index in [4.69, 9.17) is 16.3 Å². The summed E-state index contributed by atoms with van der Waals surface area (Å²) < 4.78 is 10.4. The van der Waals surface area contributed by atoms with Gasteiger partial charge in [0.15, 0.2) is 11.2 Å². The Morgan fingerprint density at radius 3 is 2.55 bits per heavy atom. The van der Waals surface area contributed by atoms with Crippen molar-refractivity contribution >= 4 is 22.8 Å². The van der Waals surface area contributed by atoms with Gasteiger partial charge < -0.3 is 9.84 Å². The zero-order chi connectivity index (χ0) is 23.4. The molecule has 0 bridgehead atoms. The number of aliphatic hydroxyl groups is 1. The molecule has 1 saturated carbocycles. The second-order valence-electron chi connectivity index (χ2n) is 8.80. The summed E-state index contributed by atoms with van der Waals surface area (Å²) in [6.45, 7) is 0.913. The molecule has 33 heavy (non-hydrogen) atoms. The maximum Gasteiger partial charge on any atom is 0.332 e. The Labute approximate surface area is 197 Å². The SMILES string of the molecule is Cn1c(=O)n(CCCO)c(=O)c2c1nc(OCCC1CCCCC1)n2Cc1ccc(Cl)cc1. The first-order valence-corrected chi connectivity index (χ1v) is 12.1. The van der Waals surface area contributed by atoms with E-state index in [1.807, 2.05) is 12.1 Å². The number of hydrogen-bond acceptors (Lipinski definition) is 5. The average molecular weight is 475 g/mol. The van der Waals surface area contributed by atoms with Gasteiger partial charge in [0.1, 0.15) is 0 Å². The molecule has 0 spiro atoms. The minimum atomic E-state index is -0.453. The summed E-state index contributed by atoms with van der Waals surface area (Å²) in [7, 11) is 1.60. The van der Waals surface area contributed by atoms with Crippen molar-refractivity contribution in [2.75, 3.05) is 13.2 Å². The van der Waals surface area contributed by atoms with Crippen LogP contribution in [-0.4, -0.2) is 37.0 Å². The van der Waals surface area contributed by atoms with Crippen LogP contribution >= 0.6 is 11.6 Å². The summed E-state index contributed by atoms with van der Waals surface area (Å²) in [5.74, 6) is 0.660. The van der Waals surface area contributed by atoms with Crippen LogP contribution in [0.2, 0.25) is 5.02 Å². The quantitative estimate of drug-likeness (QED) is 0.513. The third-order valence-corrected chi connectivity index (χ3v) is 6.73. The number of halogens is 1. The molecule has 4 rings (SSSR count). The number of aromatic nitrogens is 4. The minimum Gasteiger partial charge on any atom is -0.465 e. The number of hydrogen-bond donors (Lipinski definition) is 1. The summed E-state index contributed by atoms with van der Waals surface area (Å²) in [5, 5.41) is 9.83. The predicted molar refractivity (Wildman–Crippen MR) is 128 cm³/mol. The molecule has 2 aromatic heterocycles. The van der Waals surface area contributed by atoms with Crippen LogP contribution < -0.4 is 16.0 Å². The van der Waals surface area contributed by atoms with Gasteiger partial charge in [-0.05, 0) is 36.5 Å². The lowest BCUT2D eigenvalue weighted by atomic mass is 9.87. The molecule has 3 aromatic rings. The number of imidazole rings is 1. The molecule has 178 valence electrons. The van der Waals surface area contributed by atoms with Crippen LogP contribution in [0.1, 0.15) is 50.5 Å². The monoisotopic (exact) mass is 474 g/mol. The van der Waals surface area contributed by atoms with Gasteiger partial charge in [-0.1, -0.05) is 55.8 Å². The predicted octanol–water partition coefficient (Wildman–Crippen LogP) is 3.33. The molecule has 0 radical (unpaired) electrons. The largest absolute Gasteiger partial charge is 0.465 e. The highest BCUT2D eigenvalue weighted by Crippen LogP contribution is 2.27. The fourth-order valence-corrected chi connectivity index (χ4v) is 4.73. The molecule has 9 heteroatoms. The Kier molecular flexibility index (Phi) is 7.55. The molecule has 0 unspecified atom stereocenters. The minimum absolute atomic E-state index is 0.104. The maximum atomic E-state index is 13.3.